The van der Waals surface area contributed by atoms with Gasteiger partial charge in [-0.1, -0.05) is 104 Å². The van der Waals surface area contributed by atoms with E-state index in [1.807, 2.05) is 6.26 Å². The molecule has 0 fully saturated rings. The zero-order valence-electron chi connectivity index (χ0n) is 18.1. The Balaban J connectivity index is 2.07. The van der Waals surface area contributed by atoms with E-state index in [9.17, 15) is 0 Å². The Morgan fingerprint density at radius 1 is 0.769 bits per heavy atom. The van der Waals surface area contributed by atoms with Crippen LogP contribution in [0, 0.1) is 0 Å². The summed E-state index contributed by atoms with van der Waals surface area (Å²) in [4.78, 5) is 0. The largest absolute Gasteiger partial charge is 0.474 e. The van der Waals surface area contributed by atoms with Crippen LogP contribution in [0.3, 0.4) is 0 Å². The van der Waals surface area contributed by atoms with Crippen LogP contribution in [0.4, 0.5) is 0 Å². The molecule has 0 aliphatic rings. The lowest BCUT2D eigenvalue weighted by Gasteiger charge is -2.24. The van der Waals surface area contributed by atoms with Gasteiger partial charge < -0.3 is 4.42 Å². The van der Waals surface area contributed by atoms with Crippen molar-refractivity contribution in [1.82, 2.24) is 0 Å². The standard InChI is InChI=1S/C23H44OSSi/c1-5-9-10-11-12-13-14-15-16-17-18-25-21-22-19-23(24-20-22)26(6-2,7-3)8-4/h19-20H,5-18,21H2,1-4H3. The summed E-state index contributed by atoms with van der Waals surface area (Å²) in [5, 5.41) is 1.35. The molecule has 1 aromatic rings. The zero-order valence-corrected chi connectivity index (χ0v) is 19.9. The second-order valence-electron chi connectivity index (χ2n) is 7.89. The fourth-order valence-corrected chi connectivity index (χ4v) is 8.17. The maximum absolute atomic E-state index is 6.01. The Morgan fingerprint density at radius 3 is 1.85 bits per heavy atom. The molecular weight excluding hydrogens is 352 g/mol. The first-order chi connectivity index (χ1) is 12.7. The van der Waals surface area contributed by atoms with Gasteiger partial charge >= 0.3 is 0 Å². The summed E-state index contributed by atoms with van der Waals surface area (Å²) >= 11 is 2.09. The predicted octanol–water partition coefficient (Wildman–Crippen LogP) is 8.15. The van der Waals surface area contributed by atoms with Crippen LogP contribution in [0.5, 0.6) is 0 Å². The fraction of sp³-hybridized carbons (Fsp3) is 0.826. The first kappa shape index (κ1) is 23.9. The molecule has 0 saturated heterocycles. The van der Waals surface area contributed by atoms with Crippen molar-refractivity contribution >= 4 is 25.2 Å². The monoisotopic (exact) mass is 396 g/mol. The molecule has 0 bridgehead atoms. The Morgan fingerprint density at radius 2 is 1.31 bits per heavy atom. The summed E-state index contributed by atoms with van der Waals surface area (Å²) in [6.07, 6.45) is 16.3. The number of thioether (sulfide) groups is 1. The molecule has 0 N–H and O–H groups in total. The number of furan rings is 1. The number of hydrogen-bond donors (Lipinski definition) is 0. The van der Waals surface area contributed by atoms with Gasteiger partial charge in [-0.25, -0.2) is 0 Å². The normalized spacial score (nSPS) is 12.0. The molecule has 3 heteroatoms. The zero-order chi connectivity index (χ0) is 19.1. The molecular formula is C23H44OSSi. The second kappa shape index (κ2) is 14.8. The smallest absolute Gasteiger partial charge is 0.131 e. The third-order valence-corrected chi connectivity index (χ3v) is 12.6. The molecule has 0 spiro atoms. The minimum absolute atomic E-state index is 1.13. The van der Waals surface area contributed by atoms with Gasteiger partial charge in [0.05, 0.1) is 11.6 Å². The number of unbranched alkanes of at least 4 members (excludes halogenated alkanes) is 9. The molecule has 26 heavy (non-hydrogen) atoms. The van der Waals surface area contributed by atoms with Gasteiger partial charge in [0.2, 0.25) is 0 Å². The Bertz CT molecular complexity index is 431. The van der Waals surface area contributed by atoms with E-state index >= 15 is 0 Å². The van der Waals surface area contributed by atoms with Gasteiger partial charge in [0.1, 0.15) is 8.07 Å². The third kappa shape index (κ3) is 8.69. The molecule has 0 atom stereocenters. The fourth-order valence-electron chi connectivity index (χ4n) is 3.88. The summed E-state index contributed by atoms with van der Waals surface area (Å²) < 4.78 is 6.01. The Kier molecular flexibility index (Phi) is 13.6. The van der Waals surface area contributed by atoms with Crippen molar-refractivity contribution < 1.29 is 4.42 Å². The Hall–Kier alpha value is -0.153. The van der Waals surface area contributed by atoms with Crippen molar-refractivity contribution in [2.24, 2.45) is 0 Å². The predicted molar refractivity (Wildman–Crippen MR) is 124 cm³/mol. The average molecular weight is 397 g/mol. The lowest BCUT2D eigenvalue weighted by atomic mass is 10.1. The van der Waals surface area contributed by atoms with E-state index in [0.29, 0.717) is 0 Å². The van der Waals surface area contributed by atoms with Crippen molar-refractivity contribution in [3.8, 4) is 0 Å². The topological polar surface area (TPSA) is 13.1 Å². The molecule has 0 aliphatic carbocycles. The van der Waals surface area contributed by atoms with Crippen LogP contribution in [-0.2, 0) is 5.75 Å². The molecule has 0 saturated carbocycles. The highest BCUT2D eigenvalue weighted by Crippen LogP contribution is 2.23. The van der Waals surface area contributed by atoms with Crippen LogP contribution in [0.15, 0.2) is 16.7 Å². The first-order valence-corrected chi connectivity index (χ1v) is 15.2. The van der Waals surface area contributed by atoms with E-state index < -0.39 is 8.07 Å². The quantitative estimate of drug-likeness (QED) is 0.195. The van der Waals surface area contributed by atoms with E-state index in [-0.39, 0.29) is 0 Å². The highest BCUT2D eigenvalue weighted by Gasteiger charge is 2.32. The van der Waals surface area contributed by atoms with E-state index in [4.69, 9.17) is 4.42 Å². The van der Waals surface area contributed by atoms with Crippen molar-refractivity contribution in [2.45, 2.75) is 116 Å². The van der Waals surface area contributed by atoms with Crippen molar-refractivity contribution in [2.75, 3.05) is 5.75 Å². The Labute approximate surface area is 169 Å². The van der Waals surface area contributed by atoms with Gasteiger partial charge in [0, 0.05) is 5.75 Å². The van der Waals surface area contributed by atoms with Gasteiger partial charge in [-0.2, -0.15) is 11.8 Å². The van der Waals surface area contributed by atoms with Crippen molar-refractivity contribution in [3.63, 3.8) is 0 Å². The molecule has 0 amide bonds. The van der Waals surface area contributed by atoms with Crippen molar-refractivity contribution in [3.05, 3.63) is 17.9 Å². The summed E-state index contributed by atoms with van der Waals surface area (Å²) in [5.41, 5.74) is 1.41. The van der Waals surface area contributed by atoms with Crippen LogP contribution in [-0.4, -0.2) is 13.8 Å². The van der Waals surface area contributed by atoms with Crippen LogP contribution >= 0.6 is 11.8 Å². The van der Waals surface area contributed by atoms with Crippen LogP contribution in [0.25, 0.3) is 0 Å². The highest BCUT2D eigenvalue weighted by atomic mass is 32.2. The molecule has 0 unspecified atom stereocenters. The number of rotatable bonds is 17. The summed E-state index contributed by atoms with van der Waals surface area (Å²) in [6.45, 7) is 9.34. The number of hydrogen-bond acceptors (Lipinski definition) is 2. The van der Waals surface area contributed by atoms with Crippen LogP contribution in [0.2, 0.25) is 18.1 Å². The van der Waals surface area contributed by atoms with Gasteiger partial charge in [-0.15, -0.1) is 0 Å². The molecule has 152 valence electrons. The summed E-state index contributed by atoms with van der Waals surface area (Å²) in [6, 6.07) is 6.30. The maximum atomic E-state index is 6.01. The van der Waals surface area contributed by atoms with Crippen molar-refractivity contribution in [1.29, 1.82) is 0 Å². The van der Waals surface area contributed by atoms with E-state index in [1.54, 1.807) is 0 Å². The highest BCUT2D eigenvalue weighted by molar-refractivity contribution is 7.98. The summed E-state index contributed by atoms with van der Waals surface area (Å²) in [7, 11) is -1.33. The average Bonchev–Trinajstić information content (AvgIpc) is 3.14. The van der Waals surface area contributed by atoms with E-state index in [2.05, 4.69) is 45.5 Å². The molecule has 1 nitrogen and oxygen atoms in total. The molecule has 1 heterocycles. The third-order valence-electron chi connectivity index (χ3n) is 6.12. The lowest BCUT2D eigenvalue weighted by molar-refractivity contribution is 0.563. The van der Waals surface area contributed by atoms with Crippen LogP contribution < -0.4 is 5.38 Å². The van der Waals surface area contributed by atoms with Gasteiger partial charge in [-0.05, 0) is 23.8 Å². The minimum atomic E-state index is -1.33. The SMILES string of the molecule is CCCCCCCCCCCCSCc1coc([Si](CC)(CC)CC)c1. The maximum Gasteiger partial charge on any atom is 0.131 e. The molecule has 0 aromatic carbocycles. The molecule has 0 aliphatic heterocycles. The van der Waals surface area contributed by atoms with Gasteiger partial charge in [0.25, 0.3) is 0 Å². The first-order valence-electron chi connectivity index (χ1n) is 11.4. The summed E-state index contributed by atoms with van der Waals surface area (Å²) in [5.74, 6) is 2.43. The molecule has 1 rings (SSSR count). The molecule has 0 radical (unpaired) electrons. The van der Waals surface area contributed by atoms with Crippen LogP contribution in [0.1, 0.15) is 97.5 Å². The van der Waals surface area contributed by atoms with Gasteiger partial charge in [0.15, 0.2) is 0 Å². The van der Waals surface area contributed by atoms with Gasteiger partial charge in [-0.3, -0.25) is 0 Å². The van der Waals surface area contributed by atoms with E-state index in [1.165, 1.54) is 99.0 Å². The minimum Gasteiger partial charge on any atom is -0.474 e. The second-order valence-corrected chi connectivity index (χ2v) is 14.2. The molecule has 1 aromatic heterocycles. The van der Waals surface area contributed by atoms with E-state index in [0.717, 1.165) is 5.75 Å². The lowest BCUT2D eigenvalue weighted by Crippen LogP contribution is -2.44.